The quantitative estimate of drug-likeness (QED) is 0.806. The summed E-state index contributed by atoms with van der Waals surface area (Å²) in [5.41, 5.74) is 0.756. The summed E-state index contributed by atoms with van der Waals surface area (Å²) in [4.78, 5) is 37.8. The molecule has 4 rings (SSSR count). The number of aromatic nitrogens is 2. The Morgan fingerprint density at radius 3 is 2.62 bits per heavy atom. The van der Waals surface area contributed by atoms with Crippen molar-refractivity contribution < 1.29 is 19.1 Å². The lowest BCUT2D eigenvalue weighted by Gasteiger charge is -2.12. The zero-order valence-corrected chi connectivity index (χ0v) is 14.6. The van der Waals surface area contributed by atoms with Crippen LogP contribution in [-0.4, -0.2) is 46.0 Å². The molecule has 0 aliphatic carbocycles. The van der Waals surface area contributed by atoms with Crippen LogP contribution in [0.5, 0.6) is 0 Å². The molecule has 8 nitrogen and oxygen atoms in total. The largest absolute Gasteiger partial charge is 0.371 e. The van der Waals surface area contributed by atoms with Crippen LogP contribution in [0.3, 0.4) is 0 Å². The molecule has 0 radical (unpaired) electrons. The van der Waals surface area contributed by atoms with Gasteiger partial charge in [0.1, 0.15) is 11.1 Å². The third-order valence-electron chi connectivity index (χ3n) is 4.33. The van der Waals surface area contributed by atoms with Gasteiger partial charge in [-0.1, -0.05) is 23.5 Å². The number of carbonyl (C=O) groups excluding carboxylic acids is 3. The van der Waals surface area contributed by atoms with Crippen molar-refractivity contribution in [3.63, 3.8) is 0 Å². The molecule has 26 heavy (non-hydrogen) atoms. The lowest BCUT2D eigenvalue weighted by Crippen LogP contribution is -2.32. The van der Waals surface area contributed by atoms with Gasteiger partial charge in [0.15, 0.2) is 0 Å². The van der Waals surface area contributed by atoms with Crippen LogP contribution in [-0.2, 0) is 9.53 Å². The summed E-state index contributed by atoms with van der Waals surface area (Å²) in [7, 11) is 0. The minimum absolute atomic E-state index is 0.000308. The van der Waals surface area contributed by atoms with Gasteiger partial charge in [-0.15, -0.1) is 10.2 Å². The van der Waals surface area contributed by atoms with Crippen molar-refractivity contribution in [2.75, 3.05) is 18.5 Å². The highest BCUT2D eigenvalue weighted by atomic mass is 32.1. The second kappa shape index (κ2) is 6.93. The van der Waals surface area contributed by atoms with Crippen molar-refractivity contribution >= 4 is 34.2 Å². The van der Waals surface area contributed by atoms with Gasteiger partial charge in [0.25, 0.3) is 11.8 Å². The van der Waals surface area contributed by atoms with Gasteiger partial charge in [-0.05, 0) is 25.0 Å². The molecule has 2 aromatic rings. The first-order valence-corrected chi connectivity index (χ1v) is 9.15. The summed E-state index contributed by atoms with van der Waals surface area (Å²) in [6, 6.07) is 6.65. The minimum Gasteiger partial charge on any atom is -0.371 e. The maximum atomic E-state index is 12.3. The zero-order chi connectivity index (χ0) is 18.1. The second-order valence-corrected chi connectivity index (χ2v) is 7.06. The molecule has 1 saturated heterocycles. The van der Waals surface area contributed by atoms with Crippen LogP contribution in [0.4, 0.5) is 5.13 Å². The van der Waals surface area contributed by atoms with E-state index in [1.165, 1.54) is 11.3 Å². The summed E-state index contributed by atoms with van der Waals surface area (Å²) in [5.74, 6) is -1.05. The number of imide groups is 1. The van der Waals surface area contributed by atoms with Crippen molar-refractivity contribution in [3.05, 3.63) is 40.4 Å². The average molecular weight is 372 g/mol. The molecule has 1 atom stereocenters. The van der Waals surface area contributed by atoms with E-state index in [1.807, 2.05) is 0 Å². The molecule has 9 heteroatoms. The van der Waals surface area contributed by atoms with Crippen LogP contribution in [0.15, 0.2) is 24.3 Å². The number of nitrogens with zero attached hydrogens (tertiary/aromatic N) is 3. The van der Waals surface area contributed by atoms with Crippen molar-refractivity contribution in [2.24, 2.45) is 0 Å². The Hall–Kier alpha value is -2.65. The number of hydrogen-bond acceptors (Lipinski definition) is 7. The van der Waals surface area contributed by atoms with Gasteiger partial charge < -0.3 is 10.1 Å². The van der Waals surface area contributed by atoms with Crippen LogP contribution >= 0.6 is 11.3 Å². The van der Waals surface area contributed by atoms with Crippen LogP contribution in [0.2, 0.25) is 0 Å². The minimum atomic E-state index is -0.366. The fraction of sp³-hybridized carbons (Fsp3) is 0.353. The summed E-state index contributed by atoms with van der Waals surface area (Å²) in [6.45, 7) is 0.738. The molecular weight excluding hydrogens is 356 g/mol. The first-order valence-electron chi connectivity index (χ1n) is 8.33. The van der Waals surface area contributed by atoms with Crippen molar-refractivity contribution in [1.82, 2.24) is 15.1 Å². The van der Waals surface area contributed by atoms with Gasteiger partial charge in [-0.3, -0.25) is 19.3 Å². The highest BCUT2D eigenvalue weighted by Crippen LogP contribution is 2.32. The number of amides is 3. The summed E-state index contributed by atoms with van der Waals surface area (Å²) >= 11 is 1.28. The van der Waals surface area contributed by atoms with Crippen molar-refractivity contribution in [2.45, 2.75) is 25.4 Å². The average Bonchev–Trinajstić information content (AvgIpc) is 3.36. The molecular formula is C17H16N4O4S. The molecule has 2 aliphatic heterocycles. The van der Waals surface area contributed by atoms with E-state index >= 15 is 0 Å². The molecule has 1 N–H and O–H groups in total. The van der Waals surface area contributed by atoms with Crippen LogP contribution in [0, 0.1) is 0 Å². The van der Waals surface area contributed by atoms with E-state index in [9.17, 15) is 14.4 Å². The number of rotatable bonds is 5. The van der Waals surface area contributed by atoms with E-state index in [4.69, 9.17) is 4.74 Å². The summed E-state index contributed by atoms with van der Waals surface area (Å²) in [5, 5.41) is 11.8. The van der Waals surface area contributed by atoms with E-state index < -0.39 is 0 Å². The topological polar surface area (TPSA) is 101 Å². The first kappa shape index (κ1) is 16.8. The maximum absolute atomic E-state index is 12.3. The number of anilines is 1. The number of fused-ring (bicyclic) bond motifs is 1. The van der Waals surface area contributed by atoms with Gasteiger partial charge in [0, 0.05) is 19.6 Å². The zero-order valence-electron chi connectivity index (χ0n) is 13.8. The van der Waals surface area contributed by atoms with Crippen molar-refractivity contribution in [3.8, 4) is 0 Å². The van der Waals surface area contributed by atoms with Gasteiger partial charge in [0.05, 0.1) is 11.1 Å². The number of hydrogen-bond donors (Lipinski definition) is 1. The van der Waals surface area contributed by atoms with Crippen LogP contribution in [0.1, 0.15) is 51.1 Å². The molecule has 0 saturated carbocycles. The van der Waals surface area contributed by atoms with E-state index in [1.54, 1.807) is 24.3 Å². The Morgan fingerprint density at radius 2 is 1.96 bits per heavy atom. The second-order valence-electron chi connectivity index (χ2n) is 6.05. The van der Waals surface area contributed by atoms with Gasteiger partial charge >= 0.3 is 0 Å². The molecule has 134 valence electrons. The fourth-order valence-corrected chi connectivity index (χ4v) is 3.87. The molecule has 3 heterocycles. The molecule has 1 fully saturated rings. The predicted octanol–water partition coefficient (Wildman–Crippen LogP) is 2.01. The third-order valence-corrected chi connectivity index (χ3v) is 5.26. The molecule has 1 aromatic carbocycles. The Labute approximate surface area is 153 Å². The van der Waals surface area contributed by atoms with E-state index in [0.29, 0.717) is 22.9 Å². The lowest BCUT2D eigenvalue weighted by molar-refractivity contribution is -0.116. The van der Waals surface area contributed by atoms with Crippen molar-refractivity contribution in [1.29, 1.82) is 0 Å². The van der Waals surface area contributed by atoms with Crippen LogP contribution in [0.25, 0.3) is 0 Å². The molecule has 1 unspecified atom stereocenters. The SMILES string of the molecule is O=C(CCN1C(=O)c2ccccc2C1=O)Nc1nnc(C2CCCO2)s1. The van der Waals surface area contributed by atoms with Gasteiger partial charge in [-0.2, -0.15) is 0 Å². The normalized spacial score (nSPS) is 19.1. The van der Waals surface area contributed by atoms with Gasteiger partial charge in [-0.25, -0.2) is 0 Å². The first-order chi connectivity index (χ1) is 12.6. The molecule has 0 spiro atoms. The van der Waals surface area contributed by atoms with E-state index in [2.05, 4.69) is 15.5 Å². The standard InChI is InChI=1S/C17H16N4O4S/c22-13(18-17-20-19-14(26-17)12-6-3-9-25-12)7-8-21-15(23)10-4-1-2-5-11(10)16(21)24/h1-2,4-5,12H,3,6-9H2,(H,18,20,22). The molecule has 1 aromatic heterocycles. The van der Waals surface area contributed by atoms with Gasteiger partial charge in [0.2, 0.25) is 11.0 Å². The lowest BCUT2D eigenvalue weighted by atomic mass is 10.1. The fourth-order valence-electron chi connectivity index (χ4n) is 3.02. The molecule has 2 aliphatic rings. The maximum Gasteiger partial charge on any atom is 0.261 e. The summed E-state index contributed by atoms with van der Waals surface area (Å²) < 4.78 is 5.54. The van der Waals surface area contributed by atoms with Crippen LogP contribution < -0.4 is 5.32 Å². The van der Waals surface area contributed by atoms with E-state index in [0.717, 1.165) is 22.7 Å². The Kier molecular flexibility index (Phi) is 4.48. The monoisotopic (exact) mass is 372 g/mol. The Balaban J connectivity index is 1.33. The number of carbonyl (C=O) groups is 3. The summed E-state index contributed by atoms with van der Waals surface area (Å²) in [6.07, 6.45) is 1.85. The number of nitrogens with one attached hydrogen (secondary N) is 1. The molecule has 0 bridgehead atoms. The number of ether oxygens (including phenoxy) is 1. The Bertz CT molecular complexity index is 840. The highest BCUT2D eigenvalue weighted by Gasteiger charge is 2.35. The smallest absolute Gasteiger partial charge is 0.261 e. The van der Waals surface area contributed by atoms with E-state index in [-0.39, 0.29) is 36.8 Å². The predicted molar refractivity (Wildman–Crippen MR) is 92.9 cm³/mol. The Morgan fingerprint density at radius 1 is 1.23 bits per heavy atom. The third kappa shape index (κ3) is 3.11. The highest BCUT2D eigenvalue weighted by molar-refractivity contribution is 7.15. The number of benzene rings is 1. The molecule has 3 amide bonds.